The maximum atomic E-state index is 12.1. The first-order valence-corrected chi connectivity index (χ1v) is 7.15. The van der Waals surface area contributed by atoms with E-state index in [2.05, 4.69) is 6.92 Å². The van der Waals surface area contributed by atoms with Gasteiger partial charge in [-0.25, -0.2) is 0 Å². The van der Waals surface area contributed by atoms with Crippen molar-refractivity contribution in [2.75, 3.05) is 12.8 Å². The van der Waals surface area contributed by atoms with Gasteiger partial charge in [0.2, 0.25) is 0 Å². The molecule has 0 saturated heterocycles. The number of anilines is 1. The molecular formula is C16H25NO2. The zero-order valence-electron chi connectivity index (χ0n) is 12.1. The zero-order chi connectivity index (χ0) is 14.1. The van der Waals surface area contributed by atoms with Crippen molar-refractivity contribution in [2.24, 2.45) is 0 Å². The number of hydrogen-bond acceptors (Lipinski definition) is 3. The van der Waals surface area contributed by atoms with Gasteiger partial charge < -0.3 is 10.5 Å². The molecule has 0 amide bonds. The third-order valence-corrected chi connectivity index (χ3v) is 3.32. The Morgan fingerprint density at radius 3 is 2.53 bits per heavy atom. The van der Waals surface area contributed by atoms with Crippen LogP contribution in [0.3, 0.4) is 0 Å². The summed E-state index contributed by atoms with van der Waals surface area (Å²) in [6.45, 7) is 2.20. The van der Waals surface area contributed by atoms with Crippen LogP contribution in [0.2, 0.25) is 0 Å². The van der Waals surface area contributed by atoms with Crippen LogP contribution in [-0.4, -0.2) is 12.9 Å². The second-order valence-corrected chi connectivity index (χ2v) is 4.89. The highest BCUT2D eigenvalue weighted by molar-refractivity contribution is 6.01. The lowest BCUT2D eigenvalue weighted by Crippen LogP contribution is -2.04. The van der Waals surface area contributed by atoms with Crippen LogP contribution in [-0.2, 0) is 0 Å². The van der Waals surface area contributed by atoms with Crippen LogP contribution in [0.1, 0.15) is 62.2 Å². The van der Waals surface area contributed by atoms with Crippen molar-refractivity contribution in [3.8, 4) is 5.75 Å². The van der Waals surface area contributed by atoms with Gasteiger partial charge in [-0.3, -0.25) is 4.79 Å². The number of carbonyl (C=O) groups excluding carboxylic acids is 1. The number of hydrogen-bond donors (Lipinski definition) is 1. The molecule has 3 nitrogen and oxygen atoms in total. The Bertz CT molecular complexity index is 402. The van der Waals surface area contributed by atoms with Crippen LogP contribution in [0.25, 0.3) is 0 Å². The van der Waals surface area contributed by atoms with E-state index in [1.54, 1.807) is 25.3 Å². The first kappa shape index (κ1) is 15.5. The summed E-state index contributed by atoms with van der Waals surface area (Å²) in [6, 6.07) is 5.24. The van der Waals surface area contributed by atoms with Gasteiger partial charge in [0, 0.05) is 17.7 Å². The molecule has 3 heteroatoms. The minimum atomic E-state index is 0.117. The van der Waals surface area contributed by atoms with E-state index < -0.39 is 0 Å². The van der Waals surface area contributed by atoms with Crippen molar-refractivity contribution in [3.05, 3.63) is 23.8 Å². The summed E-state index contributed by atoms with van der Waals surface area (Å²) < 4.78 is 5.12. The lowest BCUT2D eigenvalue weighted by molar-refractivity contribution is 0.0979. The number of Topliss-reactive ketones (excluding diaryl/α,β-unsaturated/α-hetero) is 1. The van der Waals surface area contributed by atoms with Crippen molar-refractivity contribution < 1.29 is 9.53 Å². The average Bonchev–Trinajstić information content (AvgIpc) is 2.43. The van der Waals surface area contributed by atoms with Crippen molar-refractivity contribution in [1.82, 2.24) is 0 Å². The average molecular weight is 263 g/mol. The molecule has 0 aliphatic rings. The summed E-state index contributed by atoms with van der Waals surface area (Å²) in [4.78, 5) is 12.1. The normalized spacial score (nSPS) is 10.4. The van der Waals surface area contributed by atoms with Crippen molar-refractivity contribution in [2.45, 2.75) is 51.9 Å². The third kappa shape index (κ3) is 5.33. The van der Waals surface area contributed by atoms with Crippen LogP contribution < -0.4 is 10.5 Å². The SMILES string of the molecule is CCCCCCCCC(=O)c1cc(OC)ccc1N. The second kappa shape index (κ2) is 8.57. The fourth-order valence-electron chi connectivity index (χ4n) is 2.10. The predicted molar refractivity (Wildman–Crippen MR) is 79.7 cm³/mol. The van der Waals surface area contributed by atoms with Crippen LogP contribution in [0.5, 0.6) is 5.75 Å². The second-order valence-electron chi connectivity index (χ2n) is 4.89. The summed E-state index contributed by atoms with van der Waals surface area (Å²) in [6.07, 6.45) is 7.66. The van der Waals surface area contributed by atoms with Crippen molar-refractivity contribution >= 4 is 11.5 Å². The Morgan fingerprint density at radius 2 is 1.84 bits per heavy atom. The monoisotopic (exact) mass is 263 g/mol. The molecule has 0 aliphatic heterocycles. The maximum absolute atomic E-state index is 12.1. The molecule has 1 aromatic carbocycles. The zero-order valence-corrected chi connectivity index (χ0v) is 12.1. The number of benzene rings is 1. The highest BCUT2D eigenvalue weighted by Gasteiger charge is 2.10. The molecule has 0 atom stereocenters. The Balaban J connectivity index is 2.40. The topological polar surface area (TPSA) is 52.3 Å². The van der Waals surface area contributed by atoms with E-state index in [1.165, 1.54) is 25.7 Å². The van der Waals surface area contributed by atoms with E-state index in [0.29, 0.717) is 23.4 Å². The Morgan fingerprint density at radius 1 is 1.16 bits per heavy atom. The van der Waals surface area contributed by atoms with Gasteiger partial charge in [0.05, 0.1) is 7.11 Å². The van der Waals surface area contributed by atoms with E-state index >= 15 is 0 Å². The minimum Gasteiger partial charge on any atom is -0.497 e. The van der Waals surface area contributed by atoms with E-state index in [9.17, 15) is 4.79 Å². The standard InChI is InChI=1S/C16H25NO2/c1-3-4-5-6-7-8-9-16(18)14-12-13(19-2)10-11-15(14)17/h10-12H,3-9,17H2,1-2H3. The van der Waals surface area contributed by atoms with E-state index in [1.807, 2.05) is 0 Å². The summed E-state index contributed by atoms with van der Waals surface area (Å²) in [5.41, 5.74) is 6.97. The van der Waals surface area contributed by atoms with E-state index in [-0.39, 0.29) is 5.78 Å². The predicted octanol–water partition coefficient (Wildman–Crippen LogP) is 4.21. The van der Waals surface area contributed by atoms with Crippen LogP contribution in [0.15, 0.2) is 18.2 Å². The number of unbranched alkanes of at least 4 members (excludes halogenated alkanes) is 5. The van der Waals surface area contributed by atoms with Crippen LogP contribution in [0.4, 0.5) is 5.69 Å². The Kier molecular flexibility index (Phi) is 7.01. The third-order valence-electron chi connectivity index (χ3n) is 3.32. The molecule has 0 aromatic heterocycles. The molecule has 0 fully saturated rings. The molecule has 1 rings (SSSR count). The summed E-state index contributed by atoms with van der Waals surface area (Å²) >= 11 is 0. The molecular weight excluding hydrogens is 238 g/mol. The van der Waals surface area contributed by atoms with Gasteiger partial charge in [-0.2, -0.15) is 0 Å². The summed E-state index contributed by atoms with van der Waals surface area (Å²) in [7, 11) is 1.59. The first-order valence-electron chi connectivity index (χ1n) is 7.15. The molecule has 0 bridgehead atoms. The number of carbonyl (C=O) groups is 1. The van der Waals surface area contributed by atoms with Crippen molar-refractivity contribution in [1.29, 1.82) is 0 Å². The number of nitrogens with two attached hydrogens (primary N) is 1. The summed E-state index contributed by atoms with van der Waals surface area (Å²) in [5.74, 6) is 0.799. The van der Waals surface area contributed by atoms with Gasteiger partial charge in [0.25, 0.3) is 0 Å². The molecule has 0 unspecified atom stereocenters. The van der Waals surface area contributed by atoms with E-state index in [4.69, 9.17) is 10.5 Å². The number of rotatable bonds is 9. The summed E-state index contributed by atoms with van der Waals surface area (Å²) in [5, 5.41) is 0. The largest absolute Gasteiger partial charge is 0.497 e. The highest BCUT2D eigenvalue weighted by Crippen LogP contribution is 2.21. The Hall–Kier alpha value is -1.51. The molecule has 0 radical (unpaired) electrons. The van der Waals surface area contributed by atoms with E-state index in [0.717, 1.165) is 12.8 Å². The van der Waals surface area contributed by atoms with Gasteiger partial charge in [-0.15, -0.1) is 0 Å². The van der Waals surface area contributed by atoms with Crippen molar-refractivity contribution in [3.63, 3.8) is 0 Å². The van der Waals surface area contributed by atoms with Crippen LogP contribution in [0, 0.1) is 0 Å². The lowest BCUT2D eigenvalue weighted by atomic mass is 10.0. The first-order chi connectivity index (χ1) is 9.19. The number of ketones is 1. The molecule has 0 aliphatic carbocycles. The van der Waals surface area contributed by atoms with Gasteiger partial charge >= 0.3 is 0 Å². The number of nitrogen functional groups attached to an aromatic ring is 1. The van der Waals surface area contributed by atoms with Gasteiger partial charge in [-0.1, -0.05) is 39.0 Å². The highest BCUT2D eigenvalue weighted by atomic mass is 16.5. The number of ether oxygens (including phenoxy) is 1. The molecule has 19 heavy (non-hydrogen) atoms. The van der Waals surface area contributed by atoms with Crippen LogP contribution >= 0.6 is 0 Å². The number of methoxy groups -OCH3 is 1. The fourth-order valence-corrected chi connectivity index (χ4v) is 2.10. The molecule has 0 heterocycles. The van der Waals surface area contributed by atoms with Gasteiger partial charge in [0.15, 0.2) is 5.78 Å². The quantitative estimate of drug-likeness (QED) is 0.412. The molecule has 0 saturated carbocycles. The molecule has 106 valence electrons. The molecule has 1 aromatic rings. The lowest BCUT2D eigenvalue weighted by Gasteiger charge is -2.07. The minimum absolute atomic E-state index is 0.117. The van der Waals surface area contributed by atoms with Gasteiger partial charge in [0.1, 0.15) is 5.75 Å². The van der Waals surface area contributed by atoms with Gasteiger partial charge in [-0.05, 0) is 24.6 Å². The molecule has 2 N–H and O–H groups in total. The fraction of sp³-hybridized carbons (Fsp3) is 0.562. The maximum Gasteiger partial charge on any atom is 0.165 e. The smallest absolute Gasteiger partial charge is 0.165 e. The molecule has 0 spiro atoms. The Labute approximate surface area is 116 Å².